The molecule has 1 heteroatoms. The van der Waals surface area contributed by atoms with Crippen LogP contribution in [-0.4, -0.2) is 0 Å². The molecule has 0 aliphatic carbocycles. The molecule has 1 unspecified atom stereocenters. The second-order valence-corrected chi connectivity index (χ2v) is 4.68. The normalized spacial score (nSPS) is 15.3. The Hall–Kier alpha value is 0.220. The van der Waals surface area contributed by atoms with Crippen LogP contribution in [0, 0.1) is 11.8 Å². The zero-order valence-corrected chi connectivity index (χ0v) is 10.3. The Balaban J connectivity index is 3.82. The van der Waals surface area contributed by atoms with E-state index in [1.54, 1.807) is 0 Å². The van der Waals surface area contributed by atoms with Gasteiger partial charge in [-0.2, -0.15) is 0 Å². The molecule has 0 heterocycles. The number of hydrogen-bond acceptors (Lipinski definition) is 0. The molecule has 0 radical (unpaired) electrons. The molecule has 0 saturated heterocycles. The minimum absolute atomic E-state index is 0.668. The van der Waals surface area contributed by atoms with Crippen LogP contribution in [0.15, 0.2) is 10.6 Å². The fourth-order valence-corrected chi connectivity index (χ4v) is 1.71. The van der Waals surface area contributed by atoms with Gasteiger partial charge in [0.25, 0.3) is 0 Å². The number of hydrogen-bond donors (Lipinski definition) is 0. The summed E-state index contributed by atoms with van der Waals surface area (Å²) in [7, 11) is 0. The monoisotopic (exact) mass is 232 g/mol. The second kappa shape index (κ2) is 6.71. The summed E-state index contributed by atoms with van der Waals surface area (Å²) in [6.45, 7) is 9.03. The zero-order valence-electron chi connectivity index (χ0n) is 8.73. The van der Waals surface area contributed by atoms with Gasteiger partial charge in [0.1, 0.15) is 0 Å². The standard InChI is InChI=1S/C11H21Br/c1-5-6-7-8-11(12)10(4)9(2)3/h8-10H,5-7H2,1-4H3/b11-8+. The van der Waals surface area contributed by atoms with Crippen LogP contribution >= 0.6 is 15.9 Å². The highest BCUT2D eigenvalue weighted by molar-refractivity contribution is 9.11. The first-order valence-electron chi connectivity index (χ1n) is 4.95. The van der Waals surface area contributed by atoms with Gasteiger partial charge in [0.05, 0.1) is 0 Å². The molecule has 0 fully saturated rings. The molecule has 0 N–H and O–H groups in total. The third-order valence-corrected chi connectivity index (χ3v) is 3.38. The molecule has 0 aromatic rings. The van der Waals surface area contributed by atoms with Crippen LogP contribution in [0.1, 0.15) is 47.0 Å². The highest BCUT2D eigenvalue weighted by Gasteiger charge is 2.09. The van der Waals surface area contributed by atoms with Crippen molar-refractivity contribution in [2.24, 2.45) is 11.8 Å². The van der Waals surface area contributed by atoms with Crippen molar-refractivity contribution in [3.63, 3.8) is 0 Å². The minimum Gasteiger partial charge on any atom is -0.0741 e. The predicted octanol–water partition coefficient (Wildman–Crippen LogP) is 4.75. The average molecular weight is 233 g/mol. The van der Waals surface area contributed by atoms with E-state index in [1.165, 1.54) is 23.7 Å². The maximum Gasteiger partial charge on any atom is -0.00584 e. The lowest BCUT2D eigenvalue weighted by Crippen LogP contribution is -2.03. The van der Waals surface area contributed by atoms with Crippen LogP contribution in [0.3, 0.4) is 0 Å². The minimum atomic E-state index is 0.668. The lowest BCUT2D eigenvalue weighted by molar-refractivity contribution is 0.498. The molecule has 0 rings (SSSR count). The van der Waals surface area contributed by atoms with Gasteiger partial charge in [0.2, 0.25) is 0 Å². The third kappa shape index (κ3) is 4.97. The SMILES string of the molecule is CCCC/C=C(/Br)C(C)C(C)C. The van der Waals surface area contributed by atoms with E-state index in [-0.39, 0.29) is 0 Å². The van der Waals surface area contributed by atoms with Crippen LogP contribution < -0.4 is 0 Å². The topological polar surface area (TPSA) is 0 Å². The van der Waals surface area contributed by atoms with Gasteiger partial charge in [-0.05, 0) is 22.7 Å². The summed E-state index contributed by atoms with van der Waals surface area (Å²) in [6.07, 6.45) is 6.13. The molecule has 0 amide bonds. The number of unbranched alkanes of at least 4 members (excludes halogenated alkanes) is 2. The first-order chi connectivity index (χ1) is 5.59. The van der Waals surface area contributed by atoms with Crippen molar-refractivity contribution >= 4 is 15.9 Å². The van der Waals surface area contributed by atoms with Gasteiger partial charge in [0.15, 0.2) is 0 Å². The van der Waals surface area contributed by atoms with Crippen LogP contribution in [0.4, 0.5) is 0 Å². The van der Waals surface area contributed by atoms with Gasteiger partial charge in [0, 0.05) is 0 Å². The molecule has 0 nitrogen and oxygen atoms in total. The van der Waals surface area contributed by atoms with Crippen molar-refractivity contribution < 1.29 is 0 Å². The molecular weight excluding hydrogens is 212 g/mol. The van der Waals surface area contributed by atoms with E-state index in [1.807, 2.05) is 0 Å². The maximum absolute atomic E-state index is 3.64. The van der Waals surface area contributed by atoms with Crippen LogP contribution in [0.25, 0.3) is 0 Å². The van der Waals surface area contributed by atoms with E-state index in [0.29, 0.717) is 5.92 Å². The molecule has 0 spiro atoms. The van der Waals surface area contributed by atoms with Crippen molar-refractivity contribution in [3.8, 4) is 0 Å². The summed E-state index contributed by atoms with van der Waals surface area (Å²) in [6, 6.07) is 0. The van der Waals surface area contributed by atoms with Crippen LogP contribution in [0.5, 0.6) is 0 Å². The Labute approximate surface area is 85.6 Å². The molecule has 0 aliphatic heterocycles. The summed E-state index contributed by atoms with van der Waals surface area (Å²) in [4.78, 5) is 0. The zero-order chi connectivity index (χ0) is 9.56. The van der Waals surface area contributed by atoms with Gasteiger partial charge >= 0.3 is 0 Å². The second-order valence-electron chi connectivity index (χ2n) is 3.76. The van der Waals surface area contributed by atoms with Crippen molar-refractivity contribution in [1.82, 2.24) is 0 Å². The Morgan fingerprint density at radius 1 is 1.33 bits per heavy atom. The van der Waals surface area contributed by atoms with E-state index in [2.05, 4.69) is 49.7 Å². The van der Waals surface area contributed by atoms with E-state index in [9.17, 15) is 0 Å². The molecule has 0 bridgehead atoms. The van der Waals surface area contributed by atoms with Crippen molar-refractivity contribution in [2.45, 2.75) is 47.0 Å². The Morgan fingerprint density at radius 3 is 2.33 bits per heavy atom. The largest absolute Gasteiger partial charge is 0.0741 e. The lowest BCUT2D eigenvalue weighted by Gasteiger charge is -2.14. The molecule has 12 heavy (non-hydrogen) atoms. The Kier molecular flexibility index (Phi) is 6.83. The van der Waals surface area contributed by atoms with Gasteiger partial charge in [-0.3, -0.25) is 0 Å². The molecular formula is C11H21Br. The lowest BCUT2D eigenvalue weighted by atomic mass is 9.97. The van der Waals surface area contributed by atoms with Gasteiger partial charge in [-0.1, -0.05) is 62.5 Å². The molecule has 0 aliphatic rings. The van der Waals surface area contributed by atoms with Crippen molar-refractivity contribution in [1.29, 1.82) is 0 Å². The average Bonchev–Trinajstić information content (AvgIpc) is 2.03. The summed E-state index contributed by atoms with van der Waals surface area (Å²) in [5.41, 5.74) is 0. The van der Waals surface area contributed by atoms with Crippen LogP contribution in [-0.2, 0) is 0 Å². The summed E-state index contributed by atoms with van der Waals surface area (Å²) in [5, 5.41) is 0. The van der Waals surface area contributed by atoms with Gasteiger partial charge < -0.3 is 0 Å². The highest BCUT2D eigenvalue weighted by atomic mass is 79.9. The summed E-state index contributed by atoms with van der Waals surface area (Å²) < 4.78 is 1.38. The molecule has 1 atom stereocenters. The van der Waals surface area contributed by atoms with E-state index in [0.717, 1.165) is 5.92 Å². The maximum atomic E-state index is 3.64. The van der Waals surface area contributed by atoms with Crippen molar-refractivity contribution in [2.75, 3.05) is 0 Å². The number of rotatable bonds is 5. The Morgan fingerprint density at radius 2 is 1.92 bits per heavy atom. The van der Waals surface area contributed by atoms with Gasteiger partial charge in [-0.25, -0.2) is 0 Å². The van der Waals surface area contributed by atoms with E-state index in [4.69, 9.17) is 0 Å². The molecule has 0 saturated carbocycles. The quantitative estimate of drug-likeness (QED) is 0.601. The first-order valence-corrected chi connectivity index (χ1v) is 5.74. The summed E-state index contributed by atoms with van der Waals surface area (Å²) >= 11 is 3.64. The highest BCUT2D eigenvalue weighted by Crippen LogP contribution is 2.25. The molecule has 0 aromatic heterocycles. The van der Waals surface area contributed by atoms with Crippen molar-refractivity contribution in [3.05, 3.63) is 10.6 Å². The Bertz CT molecular complexity index is 136. The van der Waals surface area contributed by atoms with Crippen LogP contribution in [0.2, 0.25) is 0 Å². The fraction of sp³-hybridized carbons (Fsp3) is 0.818. The first kappa shape index (κ1) is 12.2. The van der Waals surface area contributed by atoms with E-state index >= 15 is 0 Å². The van der Waals surface area contributed by atoms with Gasteiger partial charge in [-0.15, -0.1) is 0 Å². The fourth-order valence-electron chi connectivity index (χ4n) is 0.948. The van der Waals surface area contributed by atoms with E-state index < -0.39 is 0 Å². The summed E-state index contributed by atoms with van der Waals surface area (Å²) in [5.74, 6) is 1.40. The number of halogens is 1. The predicted molar refractivity (Wildman–Crippen MR) is 60.5 cm³/mol. The molecule has 0 aromatic carbocycles. The smallest absolute Gasteiger partial charge is 0.00584 e. The third-order valence-electron chi connectivity index (χ3n) is 2.33. The molecule has 72 valence electrons. The number of allylic oxidation sites excluding steroid dienone is 2.